The maximum absolute atomic E-state index is 9.40. The van der Waals surface area contributed by atoms with E-state index < -0.39 is 0 Å². The summed E-state index contributed by atoms with van der Waals surface area (Å²) in [6.07, 6.45) is 8.62. The summed E-state index contributed by atoms with van der Waals surface area (Å²) in [5, 5.41) is 9.40. The van der Waals surface area contributed by atoms with Gasteiger partial charge in [-0.05, 0) is 25.8 Å². The van der Waals surface area contributed by atoms with Crippen LogP contribution in [0, 0.1) is 0 Å². The van der Waals surface area contributed by atoms with E-state index in [1.54, 1.807) is 0 Å². The number of hydrogen-bond donors (Lipinski definition) is 1. The van der Waals surface area contributed by atoms with Crippen LogP contribution in [0.3, 0.4) is 0 Å². The summed E-state index contributed by atoms with van der Waals surface area (Å²) in [6, 6.07) is 0.341. The molecule has 1 atom stereocenters. The van der Waals surface area contributed by atoms with E-state index in [0.29, 0.717) is 6.04 Å². The second-order valence-electron chi connectivity index (χ2n) is 4.88. The zero-order chi connectivity index (χ0) is 12.1. The molecule has 2 rings (SSSR count). The molecule has 4 heteroatoms. The first kappa shape index (κ1) is 12.6. The minimum absolute atomic E-state index is 0.280. The minimum atomic E-state index is 0.280. The molecule has 1 saturated heterocycles. The Morgan fingerprint density at radius 2 is 2.35 bits per heavy atom. The predicted octanol–water partition coefficient (Wildman–Crippen LogP) is 1.64. The van der Waals surface area contributed by atoms with Gasteiger partial charge in [-0.2, -0.15) is 0 Å². The summed E-state index contributed by atoms with van der Waals surface area (Å²) in [7, 11) is 0. The molecule has 1 aliphatic rings. The standard InChI is InChI=1S/C13H23N3O/c1-2-6-16-11-14-8-13(16)9-15-7-4-3-5-12(15)10-17/h8,11-12,17H,2-7,9-10H2,1H3. The van der Waals surface area contributed by atoms with Gasteiger partial charge in [-0.3, -0.25) is 4.90 Å². The van der Waals surface area contributed by atoms with Gasteiger partial charge in [-0.25, -0.2) is 4.98 Å². The normalized spacial score (nSPS) is 21.9. The topological polar surface area (TPSA) is 41.3 Å². The molecular weight excluding hydrogens is 214 g/mol. The Morgan fingerprint density at radius 1 is 1.47 bits per heavy atom. The lowest BCUT2D eigenvalue weighted by molar-refractivity contribution is 0.0821. The fourth-order valence-electron chi connectivity index (χ4n) is 2.61. The number of rotatable bonds is 5. The van der Waals surface area contributed by atoms with Gasteiger partial charge in [0.25, 0.3) is 0 Å². The molecule has 0 radical (unpaired) electrons. The van der Waals surface area contributed by atoms with Crippen LogP contribution in [-0.2, 0) is 13.1 Å². The van der Waals surface area contributed by atoms with E-state index in [4.69, 9.17) is 0 Å². The van der Waals surface area contributed by atoms with Crippen molar-refractivity contribution < 1.29 is 5.11 Å². The van der Waals surface area contributed by atoms with E-state index in [2.05, 4.69) is 21.4 Å². The maximum Gasteiger partial charge on any atom is 0.0948 e. The molecule has 0 amide bonds. The Bertz CT molecular complexity index is 337. The molecule has 0 aromatic carbocycles. The van der Waals surface area contributed by atoms with Gasteiger partial charge in [-0.15, -0.1) is 0 Å². The second kappa shape index (κ2) is 6.17. The maximum atomic E-state index is 9.40. The van der Waals surface area contributed by atoms with Crippen molar-refractivity contribution in [2.24, 2.45) is 0 Å². The van der Waals surface area contributed by atoms with Crippen molar-refractivity contribution in [1.29, 1.82) is 0 Å². The van der Waals surface area contributed by atoms with Gasteiger partial charge >= 0.3 is 0 Å². The molecule has 1 unspecified atom stereocenters. The fourth-order valence-corrected chi connectivity index (χ4v) is 2.61. The molecule has 17 heavy (non-hydrogen) atoms. The summed E-state index contributed by atoms with van der Waals surface area (Å²) in [4.78, 5) is 6.63. The summed E-state index contributed by atoms with van der Waals surface area (Å²) in [5.41, 5.74) is 1.27. The highest BCUT2D eigenvalue weighted by molar-refractivity contribution is 4.99. The second-order valence-corrected chi connectivity index (χ2v) is 4.88. The van der Waals surface area contributed by atoms with Crippen LogP contribution in [0.2, 0.25) is 0 Å². The molecule has 0 spiro atoms. The van der Waals surface area contributed by atoms with Gasteiger partial charge in [0.1, 0.15) is 0 Å². The molecule has 96 valence electrons. The lowest BCUT2D eigenvalue weighted by Gasteiger charge is -2.34. The first-order valence-corrected chi connectivity index (χ1v) is 6.69. The van der Waals surface area contributed by atoms with Gasteiger partial charge in [-0.1, -0.05) is 13.3 Å². The first-order chi connectivity index (χ1) is 8.35. The predicted molar refractivity (Wildman–Crippen MR) is 67.7 cm³/mol. The van der Waals surface area contributed by atoms with E-state index in [-0.39, 0.29) is 6.61 Å². The van der Waals surface area contributed by atoms with Crippen molar-refractivity contribution in [3.63, 3.8) is 0 Å². The Morgan fingerprint density at radius 3 is 3.12 bits per heavy atom. The average Bonchev–Trinajstić information content (AvgIpc) is 2.78. The summed E-state index contributed by atoms with van der Waals surface area (Å²) in [5.74, 6) is 0. The van der Waals surface area contributed by atoms with Crippen LogP contribution < -0.4 is 0 Å². The van der Waals surface area contributed by atoms with Crippen LogP contribution >= 0.6 is 0 Å². The number of likely N-dealkylation sites (tertiary alicyclic amines) is 1. The molecular formula is C13H23N3O. The van der Waals surface area contributed by atoms with Gasteiger partial charge in [0.05, 0.1) is 18.6 Å². The van der Waals surface area contributed by atoms with Crippen LogP contribution in [0.4, 0.5) is 0 Å². The van der Waals surface area contributed by atoms with Gasteiger partial charge in [0.2, 0.25) is 0 Å². The van der Waals surface area contributed by atoms with Crippen LogP contribution in [0.5, 0.6) is 0 Å². The Balaban J connectivity index is 2.00. The number of piperidine rings is 1. The van der Waals surface area contributed by atoms with Crippen molar-refractivity contribution >= 4 is 0 Å². The molecule has 0 bridgehead atoms. The Kier molecular flexibility index (Phi) is 4.57. The van der Waals surface area contributed by atoms with E-state index in [0.717, 1.165) is 32.5 Å². The molecule has 1 fully saturated rings. The van der Waals surface area contributed by atoms with Crippen molar-refractivity contribution in [3.05, 3.63) is 18.2 Å². The van der Waals surface area contributed by atoms with Crippen LogP contribution in [-0.4, -0.2) is 38.8 Å². The monoisotopic (exact) mass is 237 g/mol. The van der Waals surface area contributed by atoms with Crippen molar-refractivity contribution in [3.8, 4) is 0 Å². The molecule has 0 aliphatic carbocycles. The van der Waals surface area contributed by atoms with E-state index in [1.807, 2.05) is 12.5 Å². The fraction of sp³-hybridized carbons (Fsp3) is 0.769. The Labute approximate surface area is 103 Å². The number of aromatic nitrogens is 2. The molecule has 4 nitrogen and oxygen atoms in total. The zero-order valence-electron chi connectivity index (χ0n) is 10.7. The quantitative estimate of drug-likeness (QED) is 0.846. The number of aliphatic hydroxyl groups excluding tert-OH is 1. The number of imidazole rings is 1. The van der Waals surface area contributed by atoms with Crippen molar-refractivity contribution in [2.45, 2.75) is 51.7 Å². The summed E-state index contributed by atoms with van der Waals surface area (Å²) in [6.45, 7) is 5.52. The number of aryl methyl sites for hydroxylation is 1. The first-order valence-electron chi connectivity index (χ1n) is 6.69. The molecule has 0 saturated carbocycles. The van der Waals surface area contributed by atoms with Gasteiger partial charge < -0.3 is 9.67 Å². The molecule has 1 aliphatic heterocycles. The van der Waals surface area contributed by atoms with Crippen molar-refractivity contribution in [1.82, 2.24) is 14.5 Å². The SMILES string of the molecule is CCCn1cncc1CN1CCCCC1CO. The molecule has 1 aromatic rings. The van der Waals surface area contributed by atoms with E-state index in [9.17, 15) is 5.11 Å². The average molecular weight is 237 g/mol. The Hall–Kier alpha value is -0.870. The van der Waals surface area contributed by atoms with E-state index >= 15 is 0 Å². The highest BCUT2D eigenvalue weighted by Crippen LogP contribution is 2.19. The van der Waals surface area contributed by atoms with Crippen LogP contribution in [0.25, 0.3) is 0 Å². The highest BCUT2D eigenvalue weighted by atomic mass is 16.3. The summed E-state index contributed by atoms with van der Waals surface area (Å²) >= 11 is 0. The van der Waals surface area contributed by atoms with Gasteiger partial charge in [0.15, 0.2) is 0 Å². The van der Waals surface area contributed by atoms with Gasteiger partial charge in [0, 0.05) is 25.3 Å². The highest BCUT2D eigenvalue weighted by Gasteiger charge is 2.22. The van der Waals surface area contributed by atoms with Crippen molar-refractivity contribution in [2.75, 3.05) is 13.2 Å². The third kappa shape index (κ3) is 3.07. The third-order valence-corrected chi connectivity index (χ3v) is 3.59. The zero-order valence-corrected chi connectivity index (χ0v) is 10.7. The van der Waals surface area contributed by atoms with Crippen LogP contribution in [0.15, 0.2) is 12.5 Å². The lowest BCUT2D eigenvalue weighted by Crippen LogP contribution is -2.41. The van der Waals surface area contributed by atoms with Crippen LogP contribution in [0.1, 0.15) is 38.3 Å². The van der Waals surface area contributed by atoms with E-state index in [1.165, 1.54) is 18.5 Å². The number of hydrogen-bond acceptors (Lipinski definition) is 3. The third-order valence-electron chi connectivity index (χ3n) is 3.59. The summed E-state index contributed by atoms with van der Waals surface area (Å²) < 4.78 is 2.23. The smallest absolute Gasteiger partial charge is 0.0948 e. The molecule has 2 heterocycles. The largest absolute Gasteiger partial charge is 0.395 e. The molecule has 1 aromatic heterocycles. The number of aliphatic hydroxyl groups is 1. The lowest BCUT2D eigenvalue weighted by atomic mass is 10.0. The number of nitrogens with zero attached hydrogens (tertiary/aromatic N) is 3. The minimum Gasteiger partial charge on any atom is -0.395 e. The molecule has 1 N–H and O–H groups in total.